The number of likely N-dealkylation sites (tertiary alicyclic amines) is 1. The van der Waals surface area contributed by atoms with Gasteiger partial charge >= 0.3 is 0 Å². The molecule has 0 N–H and O–H groups in total. The van der Waals surface area contributed by atoms with Crippen molar-refractivity contribution in [1.29, 1.82) is 0 Å². The molecule has 0 aliphatic carbocycles. The van der Waals surface area contributed by atoms with E-state index in [0.29, 0.717) is 58.3 Å². The zero-order valence-corrected chi connectivity index (χ0v) is 18.3. The number of aromatic nitrogens is 1. The molecule has 3 fully saturated rings. The molecule has 3 aliphatic rings. The van der Waals surface area contributed by atoms with Gasteiger partial charge in [0.1, 0.15) is 4.88 Å². The van der Waals surface area contributed by atoms with Crippen LogP contribution in [0.4, 0.5) is 0 Å². The minimum atomic E-state index is -0.177. The molecule has 1 spiro atoms. The number of piperidine rings is 1. The normalized spacial score (nSPS) is 24.7. The quantitative estimate of drug-likeness (QED) is 0.750. The van der Waals surface area contributed by atoms with Gasteiger partial charge in [-0.15, -0.1) is 11.3 Å². The van der Waals surface area contributed by atoms with Crippen molar-refractivity contribution in [2.45, 2.75) is 51.6 Å². The highest BCUT2D eigenvalue weighted by Crippen LogP contribution is 2.39. The number of ether oxygens (including phenoxy) is 2. The number of amides is 2. The van der Waals surface area contributed by atoms with Crippen molar-refractivity contribution < 1.29 is 19.1 Å². The Hall–Kier alpha value is -1.51. The second-order valence-electron chi connectivity index (χ2n) is 8.53. The van der Waals surface area contributed by atoms with Gasteiger partial charge in [-0.2, -0.15) is 0 Å². The Bertz CT molecular complexity index is 751. The third kappa shape index (κ3) is 4.64. The number of morpholine rings is 1. The average Bonchev–Trinajstić information content (AvgIpc) is 3.07. The molecule has 160 valence electrons. The second-order valence-corrected chi connectivity index (χ2v) is 9.73. The smallest absolute Gasteiger partial charge is 0.265 e. The van der Waals surface area contributed by atoms with Gasteiger partial charge < -0.3 is 19.3 Å². The first-order valence-corrected chi connectivity index (χ1v) is 11.5. The SMILES string of the molecule is Cc1nc(C)c(C(=O)N2CCC3(CC2)CC(CC(=O)N2CCOCC2)CCO3)s1. The largest absolute Gasteiger partial charge is 0.378 e. The Kier molecular flexibility index (Phi) is 6.22. The summed E-state index contributed by atoms with van der Waals surface area (Å²) in [7, 11) is 0. The molecule has 7 nitrogen and oxygen atoms in total. The third-order valence-electron chi connectivity index (χ3n) is 6.48. The van der Waals surface area contributed by atoms with Crippen molar-refractivity contribution in [2.75, 3.05) is 46.0 Å². The van der Waals surface area contributed by atoms with E-state index < -0.39 is 0 Å². The molecule has 1 atom stereocenters. The van der Waals surface area contributed by atoms with E-state index in [2.05, 4.69) is 4.98 Å². The highest BCUT2D eigenvalue weighted by atomic mass is 32.1. The van der Waals surface area contributed by atoms with Crippen LogP contribution >= 0.6 is 11.3 Å². The predicted molar refractivity (Wildman–Crippen MR) is 110 cm³/mol. The van der Waals surface area contributed by atoms with E-state index in [1.807, 2.05) is 23.6 Å². The van der Waals surface area contributed by atoms with Crippen molar-refractivity contribution in [1.82, 2.24) is 14.8 Å². The Morgan fingerprint density at radius 3 is 2.48 bits per heavy atom. The van der Waals surface area contributed by atoms with Gasteiger partial charge in [0.2, 0.25) is 5.91 Å². The van der Waals surface area contributed by atoms with Crippen LogP contribution in [0.2, 0.25) is 0 Å². The first kappa shape index (κ1) is 20.8. The van der Waals surface area contributed by atoms with Crippen LogP contribution in [0.3, 0.4) is 0 Å². The summed E-state index contributed by atoms with van der Waals surface area (Å²) in [5, 5.41) is 0.933. The lowest BCUT2D eigenvalue weighted by Gasteiger charge is -2.46. The minimum Gasteiger partial charge on any atom is -0.378 e. The highest BCUT2D eigenvalue weighted by Gasteiger charge is 2.42. The summed E-state index contributed by atoms with van der Waals surface area (Å²) in [5.41, 5.74) is 0.650. The van der Waals surface area contributed by atoms with E-state index >= 15 is 0 Å². The predicted octanol–water partition coefficient (Wildman–Crippen LogP) is 2.41. The monoisotopic (exact) mass is 421 g/mol. The Balaban J connectivity index is 1.32. The summed E-state index contributed by atoms with van der Waals surface area (Å²) in [5.74, 6) is 0.713. The number of hydrogen-bond acceptors (Lipinski definition) is 6. The molecule has 1 unspecified atom stereocenters. The van der Waals surface area contributed by atoms with Crippen molar-refractivity contribution in [3.05, 3.63) is 15.6 Å². The number of carbonyl (C=O) groups is 2. The molecule has 2 amide bonds. The third-order valence-corrected chi connectivity index (χ3v) is 7.54. The first-order valence-electron chi connectivity index (χ1n) is 10.7. The molecule has 1 aromatic heterocycles. The summed E-state index contributed by atoms with van der Waals surface area (Å²) in [6.45, 7) is 8.68. The van der Waals surface area contributed by atoms with Crippen LogP contribution in [0.25, 0.3) is 0 Å². The molecule has 0 bridgehead atoms. The summed E-state index contributed by atoms with van der Waals surface area (Å²) >= 11 is 1.48. The maximum absolute atomic E-state index is 12.9. The van der Waals surface area contributed by atoms with Crippen LogP contribution < -0.4 is 0 Å². The molecular weight excluding hydrogens is 390 g/mol. The fourth-order valence-corrected chi connectivity index (χ4v) is 5.72. The summed E-state index contributed by atoms with van der Waals surface area (Å²) in [6.07, 6.45) is 4.16. The van der Waals surface area contributed by atoms with Crippen molar-refractivity contribution in [2.24, 2.45) is 5.92 Å². The minimum absolute atomic E-state index is 0.0952. The van der Waals surface area contributed by atoms with Gasteiger partial charge in [0.05, 0.1) is 29.5 Å². The average molecular weight is 422 g/mol. The van der Waals surface area contributed by atoms with Gasteiger partial charge in [-0.05, 0) is 45.4 Å². The van der Waals surface area contributed by atoms with E-state index in [9.17, 15) is 9.59 Å². The van der Waals surface area contributed by atoms with Gasteiger partial charge in [0, 0.05) is 39.2 Å². The van der Waals surface area contributed by atoms with Gasteiger partial charge in [0.15, 0.2) is 0 Å². The van der Waals surface area contributed by atoms with Crippen molar-refractivity contribution in [3.8, 4) is 0 Å². The lowest BCUT2D eigenvalue weighted by Crippen LogP contribution is -2.51. The summed E-state index contributed by atoms with van der Waals surface area (Å²) < 4.78 is 11.6. The number of carbonyl (C=O) groups excluding carboxylic acids is 2. The molecule has 1 aromatic rings. The summed E-state index contributed by atoms with van der Waals surface area (Å²) in [4.78, 5) is 34.6. The maximum atomic E-state index is 12.9. The first-order chi connectivity index (χ1) is 14.0. The fourth-order valence-electron chi connectivity index (χ4n) is 4.83. The topological polar surface area (TPSA) is 72.0 Å². The standard InChI is InChI=1S/C21H31N3O4S/c1-15-19(29-16(2)22-15)20(26)24-6-4-21(5-7-24)14-17(3-10-28-21)13-18(25)23-8-11-27-12-9-23/h17H,3-14H2,1-2H3. The van der Waals surface area contributed by atoms with Crippen LogP contribution in [-0.2, 0) is 14.3 Å². The van der Waals surface area contributed by atoms with Gasteiger partial charge in [-0.1, -0.05) is 0 Å². The highest BCUT2D eigenvalue weighted by molar-refractivity contribution is 7.13. The molecular formula is C21H31N3O4S. The van der Waals surface area contributed by atoms with Gasteiger partial charge in [0.25, 0.3) is 5.91 Å². The Morgan fingerprint density at radius 1 is 1.10 bits per heavy atom. The Labute approximate surface area is 176 Å². The molecule has 0 aromatic carbocycles. The van der Waals surface area contributed by atoms with E-state index in [4.69, 9.17) is 9.47 Å². The van der Waals surface area contributed by atoms with Crippen LogP contribution in [0.1, 0.15) is 52.5 Å². The molecule has 0 saturated carbocycles. The maximum Gasteiger partial charge on any atom is 0.265 e. The number of aryl methyl sites for hydroxylation is 2. The Morgan fingerprint density at radius 2 is 1.83 bits per heavy atom. The zero-order chi connectivity index (χ0) is 20.4. The van der Waals surface area contributed by atoms with Crippen LogP contribution in [-0.4, -0.2) is 78.2 Å². The number of hydrogen-bond donors (Lipinski definition) is 0. The van der Waals surface area contributed by atoms with E-state index in [0.717, 1.165) is 41.3 Å². The van der Waals surface area contributed by atoms with Gasteiger partial charge in [-0.25, -0.2) is 4.98 Å². The van der Waals surface area contributed by atoms with E-state index in [1.165, 1.54) is 11.3 Å². The number of thiazole rings is 1. The van der Waals surface area contributed by atoms with Crippen LogP contribution in [0, 0.1) is 19.8 Å². The zero-order valence-electron chi connectivity index (χ0n) is 17.4. The van der Waals surface area contributed by atoms with Gasteiger partial charge in [-0.3, -0.25) is 9.59 Å². The molecule has 3 aliphatic heterocycles. The molecule has 0 radical (unpaired) electrons. The molecule has 4 heterocycles. The fraction of sp³-hybridized carbons (Fsp3) is 0.762. The lowest BCUT2D eigenvalue weighted by atomic mass is 9.78. The van der Waals surface area contributed by atoms with E-state index in [1.54, 1.807) is 0 Å². The van der Waals surface area contributed by atoms with Crippen molar-refractivity contribution >= 4 is 23.2 Å². The molecule has 4 rings (SSSR count). The molecule has 3 saturated heterocycles. The van der Waals surface area contributed by atoms with Crippen molar-refractivity contribution in [3.63, 3.8) is 0 Å². The van der Waals surface area contributed by atoms with Crippen LogP contribution in [0.5, 0.6) is 0 Å². The van der Waals surface area contributed by atoms with Crippen LogP contribution in [0.15, 0.2) is 0 Å². The lowest BCUT2D eigenvalue weighted by molar-refractivity contribution is -0.143. The number of rotatable bonds is 3. The second kappa shape index (κ2) is 8.70. The number of nitrogens with zero attached hydrogens (tertiary/aromatic N) is 3. The van der Waals surface area contributed by atoms with E-state index in [-0.39, 0.29) is 17.4 Å². The summed E-state index contributed by atoms with van der Waals surface area (Å²) in [6, 6.07) is 0. The molecule has 8 heteroatoms. The molecule has 29 heavy (non-hydrogen) atoms.